The molecular formula is C12H16ClN5O. The fraction of sp³-hybridized carbons (Fsp3) is 0.333. The number of nitrogens with zero attached hydrogens (tertiary/aromatic N) is 3. The third-order valence-corrected chi connectivity index (χ3v) is 3.01. The Kier molecular flexibility index (Phi) is 3.28. The molecular weight excluding hydrogens is 266 g/mol. The van der Waals surface area contributed by atoms with Crippen LogP contribution in [0, 0.1) is 0 Å². The quantitative estimate of drug-likeness (QED) is 0.860. The highest BCUT2D eigenvalue weighted by Crippen LogP contribution is 2.36. The lowest BCUT2D eigenvalue weighted by Crippen LogP contribution is -2.54. The standard InChI is InChI=1S/C12H16ClN5O/c1-12(2)17-10(14)16-11(15)18(12)8-6-7(13)4-5-9(8)19-3/h4-6H,1-3H3,(H4,14,15,16,17). The Bertz CT molecular complexity index is 567. The number of halogens is 1. The van der Waals surface area contributed by atoms with Gasteiger partial charge in [0.15, 0.2) is 0 Å². The van der Waals surface area contributed by atoms with Gasteiger partial charge in [-0.25, -0.2) is 4.99 Å². The summed E-state index contributed by atoms with van der Waals surface area (Å²) in [7, 11) is 1.58. The van der Waals surface area contributed by atoms with Gasteiger partial charge in [-0.3, -0.25) is 4.90 Å². The van der Waals surface area contributed by atoms with Crippen LogP contribution in [0.3, 0.4) is 0 Å². The van der Waals surface area contributed by atoms with E-state index in [9.17, 15) is 0 Å². The maximum Gasteiger partial charge on any atom is 0.220 e. The van der Waals surface area contributed by atoms with Crippen molar-refractivity contribution >= 4 is 29.2 Å². The molecule has 0 saturated heterocycles. The Morgan fingerprint density at radius 3 is 2.58 bits per heavy atom. The van der Waals surface area contributed by atoms with Crippen LogP contribution < -0.4 is 21.1 Å². The zero-order valence-corrected chi connectivity index (χ0v) is 11.8. The molecule has 1 aromatic rings. The summed E-state index contributed by atoms with van der Waals surface area (Å²) in [5, 5.41) is 0.571. The highest BCUT2D eigenvalue weighted by molar-refractivity contribution is 6.31. The van der Waals surface area contributed by atoms with Crippen LogP contribution in [0.2, 0.25) is 5.02 Å². The number of nitrogens with two attached hydrogens (primary N) is 2. The average Bonchev–Trinajstić information content (AvgIpc) is 2.26. The third-order valence-electron chi connectivity index (χ3n) is 2.78. The van der Waals surface area contributed by atoms with Crippen molar-refractivity contribution in [1.29, 1.82) is 0 Å². The molecule has 1 aliphatic rings. The van der Waals surface area contributed by atoms with Crippen molar-refractivity contribution in [3.05, 3.63) is 23.2 Å². The number of ether oxygens (including phenoxy) is 1. The number of methoxy groups -OCH3 is 1. The van der Waals surface area contributed by atoms with Crippen molar-refractivity contribution in [3.8, 4) is 5.75 Å². The minimum Gasteiger partial charge on any atom is -0.495 e. The first kappa shape index (κ1) is 13.5. The minimum absolute atomic E-state index is 0.153. The topological polar surface area (TPSA) is 89.2 Å². The number of rotatable bonds is 2. The minimum atomic E-state index is -0.673. The molecule has 19 heavy (non-hydrogen) atoms. The maximum atomic E-state index is 6.04. The molecule has 0 aromatic heterocycles. The van der Waals surface area contributed by atoms with E-state index in [2.05, 4.69) is 9.98 Å². The van der Waals surface area contributed by atoms with E-state index in [0.29, 0.717) is 16.5 Å². The summed E-state index contributed by atoms with van der Waals surface area (Å²) in [6, 6.07) is 5.26. The lowest BCUT2D eigenvalue weighted by Gasteiger charge is -2.39. The molecule has 4 N–H and O–H groups in total. The molecule has 0 fully saturated rings. The molecule has 1 aliphatic heterocycles. The van der Waals surface area contributed by atoms with Gasteiger partial charge in [-0.05, 0) is 32.0 Å². The van der Waals surface area contributed by atoms with Crippen LogP contribution >= 0.6 is 11.6 Å². The number of anilines is 1. The molecule has 1 heterocycles. The van der Waals surface area contributed by atoms with E-state index in [1.807, 2.05) is 13.8 Å². The van der Waals surface area contributed by atoms with Crippen LogP contribution in [0.1, 0.15) is 13.8 Å². The summed E-state index contributed by atoms with van der Waals surface area (Å²) in [4.78, 5) is 10.0. The van der Waals surface area contributed by atoms with Gasteiger partial charge in [0.25, 0.3) is 0 Å². The Labute approximate surface area is 116 Å². The molecule has 0 amide bonds. The van der Waals surface area contributed by atoms with E-state index in [0.717, 1.165) is 0 Å². The zero-order chi connectivity index (χ0) is 14.2. The van der Waals surface area contributed by atoms with Gasteiger partial charge < -0.3 is 16.2 Å². The van der Waals surface area contributed by atoms with Crippen molar-refractivity contribution in [2.24, 2.45) is 21.5 Å². The van der Waals surface area contributed by atoms with Gasteiger partial charge in [0.1, 0.15) is 11.4 Å². The highest BCUT2D eigenvalue weighted by Gasteiger charge is 2.34. The van der Waals surface area contributed by atoms with Gasteiger partial charge >= 0.3 is 0 Å². The van der Waals surface area contributed by atoms with Crippen molar-refractivity contribution in [1.82, 2.24) is 0 Å². The van der Waals surface area contributed by atoms with E-state index in [1.165, 1.54) is 0 Å². The SMILES string of the molecule is COc1ccc(Cl)cc1N1C(N)=NC(N)=NC1(C)C. The van der Waals surface area contributed by atoms with Gasteiger partial charge in [-0.2, -0.15) is 4.99 Å². The van der Waals surface area contributed by atoms with Crippen molar-refractivity contribution in [3.63, 3.8) is 0 Å². The molecule has 7 heteroatoms. The van der Waals surface area contributed by atoms with Crippen LogP contribution in [0.4, 0.5) is 5.69 Å². The molecule has 0 radical (unpaired) electrons. The van der Waals surface area contributed by atoms with Crippen LogP contribution in [-0.4, -0.2) is 24.7 Å². The molecule has 102 valence electrons. The molecule has 0 spiro atoms. The fourth-order valence-electron chi connectivity index (χ4n) is 2.06. The first-order chi connectivity index (χ1) is 8.85. The summed E-state index contributed by atoms with van der Waals surface area (Å²) >= 11 is 6.04. The molecule has 0 bridgehead atoms. The van der Waals surface area contributed by atoms with E-state index in [4.69, 9.17) is 27.8 Å². The summed E-state index contributed by atoms with van der Waals surface area (Å²) in [5.41, 5.74) is 11.6. The van der Waals surface area contributed by atoms with Crippen LogP contribution in [0.15, 0.2) is 28.2 Å². The van der Waals surface area contributed by atoms with E-state index < -0.39 is 5.66 Å². The van der Waals surface area contributed by atoms with Crippen LogP contribution in [-0.2, 0) is 0 Å². The summed E-state index contributed by atoms with van der Waals surface area (Å²) in [6.07, 6.45) is 0. The van der Waals surface area contributed by atoms with Gasteiger partial charge in [0.05, 0.1) is 12.8 Å². The number of hydrogen-bond donors (Lipinski definition) is 2. The highest BCUT2D eigenvalue weighted by atomic mass is 35.5. The Hall–Kier alpha value is -1.95. The fourth-order valence-corrected chi connectivity index (χ4v) is 2.23. The molecule has 0 saturated carbocycles. The predicted octanol–water partition coefficient (Wildman–Crippen LogP) is 1.53. The Morgan fingerprint density at radius 2 is 2.00 bits per heavy atom. The van der Waals surface area contributed by atoms with Gasteiger partial charge in [-0.15, -0.1) is 0 Å². The van der Waals surface area contributed by atoms with Gasteiger partial charge in [0, 0.05) is 5.02 Å². The zero-order valence-electron chi connectivity index (χ0n) is 11.0. The molecule has 6 nitrogen and oxygen atoms in total. The lowest BCUT2D eigenvalue weighted by molar-refractivity contribution is 0.411. The second kappa shape index (κ2) is 4.62. The van der Waals surface area contributed by atoms with Crippen LogP contribution in [0.5, 0.6) is 5.75 Å². The predicted molar refractivity (Wildman–Crippen MR) is 77.8 cm³/mol. The smallest absolute Gasteiger partial charge is 0.220 e. The number of hydrogen-bond acceptors (Lipinski definition) is 6. The van der Waals surface area contributed by atoms with E-state index >= 15 is 0 Å². The summed E-state index contributed by atoms with van der Waals surface area (Å²) in [5.74, 6) is 1.03. The molecule has 1 aromatic carbocycles. The lowest BCUT2D eigenvalue weighted by atomic mass is 10.1. The van der Waals surface area contributed by atoms with Crippen LogP contribution in [0.25, 0.3) is 0 Å². The summed E-state index contributed by atoms with van der Waals surface area (Å²) < 4.78 is 5.33. The third kappa shape index (κ3) is 2.44. The monoisotopic (exact) mass is 281 g/mol. The normalized spacial score (nSPS) is 17.8. The molecule has 0 atom stereocenters. The molecule has 0 aliphatic carbocycles. The average molecular weight is 282 g/mol. The number of aliphatic imine (C=N–C) groups is 2. The number of guanidine groups is 2. The number of benzene rings is 1. The molecule has 0 unspecified atom stereocenters. The van der Waals surface area contributed by atoms with Crippen molar-refractivity contribution in [2.45, 2.75) is 19.5 Å². The second-order valence-corrected chi connectivity index (χ2v) is 5.02. The first-order valence-corrected chi connectivity index (χ1v) is 6.06. The van der Waals surface area contributed by atoms with Crippen molar-refractivity contribution in [2.75, 3.05) is 12.0 Å². The van der Waals surface area contributed by atoms with E-state index in [-0.39, 0.29) is 11.9 Å². The van der Waals surface area contributed by atoms with Gasteiger partial charge in [0.2, 0.25) is 11.9 Å². The molecule has 2 rings (SSSR count). The van der Waals surface area contributed by atoms with Crippen molar-refractivity contribution < 1.29 is 4.74 Å². The van der Waals surface area contributed by atoms with Gasteiger partial charge in [-0.1, -0.05) is 11.6 Å². The Balaban J connectivity index is 2.58. The first-order valence-electron chi connectivity index (χ1n) is 5.68. The summed E-state index contributed by atoms with van der Waals surface area (Å²) in [6.45, 7) is 3.75. The maximum absolute atomic E-state index is 6.04. The second-order valence-electron chi connectivity index (χ2n) is 4.59. The Morgan fingerprint density at radius 1 is 1.32 bits per heavy atom. The van der Waals surface area contributed by atoms with E-state index in [1.54, 1.807) is 30.2 Å². The largest absolute Gasteiger partial charge is 0.495 e.